The average molecular weight is 505 g/mol. The Morgan fingerprint density at radius 3 is 2.36 bits per heavy atom. The number of nitrogens with zero attached hydrogens (tertiary/aromatic N) is 2. The highest BCUT2D eigenvalue weighted by molar-refractivity contribution is 5.99. The Morgan fingerprint density at radius 2 is 1.78 bits per heavy atom. The van der Waals surface area contributed by atoms with Crippen LogP contribution >= 0.6 is 0 Å². The molecule has 0 aliphatic carbocycles. The quantitative estimate of drug-likeness (QED) is 0.204. The van der Waals surface area contributed by atoms with Crippen LogP contribution in [0.5, 0.6) is 0 Å². The third kappa shape index (κ3) is 4.20. The van der Waals surface area contributed by atoms with Crippen molar-refractivity contribution in [3.63, 3.8) is 0 Å². The summed E-state index contributed by atoms with van der Waals surface area (Å²) >= 11 is 0. The van der Waals surface area contributed by atoms with Crippen molar-refractivity contribution in [1.29, 1.82) is 0 Å². The first-order valence-electron chi connectivity index (χ1n) is 10.6. The summed E-state index contributed by atoms with van der Waals surface area (Å²) in [6, 6.07) is 8.13. The monoisotopic (exact) mass is 505 g/mol. The number of nitrogen functional groups attached to an aromatic ring is 1. The second kappa shape index (κ2) is 9.32. The number of aliphatic hydroxyl groups is 2. The fourth-order valence-corrected chi connectivity index (χ4v) is 4.20. The van der Waals surface area contributed by atoms with Crippen molar-refractivity contribution in [3.05, 3.63) is 87.7 Å². The molecule has 0 atom stereocenters. The highest BCUT2D eigenvalue weighted by Gasteiger charge is 2.40. The molecule has 0 saturated carbocycles. The maximum atomic E-state index is 15.1. The van der Waals surface area contributed by atoms with E-state index in [-0.39, 0.29) is 28.8 Å². The minimum absolute atomic E-state index is 0.0180. The Bertz CT molecular complexity index is 1370. The number of amides is 1. The molecule has 0 unspecified atom stereocenters. The first-order valence-corrected chi connectivity index (χ1v) is 10.6. The molecule has 6 nitrogen and oxygen atoms in total. The number of anilines is 1. The molecule has 0 fully saturated rings. The molecule has 11 heteroatoms. The zero-order valence-corrected chi connectivity index (χ0v) is 18.8. The molecular weight excluding hydrogens is 485 g/mol. The number of alkyl halides is 2. The molecule has 188 valence electrons. The van der Waals surface area contributed by atoms with Gasteiger partial charge in [0.15, 0.2) is 0 Å². The number of nitrogens with two attached hydrogens (primary N) is 1. The van der Waals surface area contributed by atoms with Gasteiger partial charge in [0, 0.05) is 42.2 Å². The van der Waals surface area contributed by atoms with Gasteiger partial charge >= 0.3 is 0 Å². The Kier molecular flexibility index (Phi) is 6.54. The van der Waals surface area contributed by atoms with Crippen LogP contribution in [0.2, 0.25) is 0 Å². The van der Waals surface area contributed by atoms with E-state index in [1.807, 2.05) is 0 Å². The van der Waals surface area contributed by atoms with Crippen molar-refractivity contribution in [2.45, 2.75) is 25.3 Å². The lowest BCUT2D eigenvalue weighted by Gasteiger charge is -2.24. The van der Waals surface area contributed by atoms with E-state index in [4.69, 9.17) is 5.73 Å². The molecule has 1 heterocycles. The molecular formula is C25H20F5N3O3. The third-order valence-corrected chi connectivity index (χ3v) is 6.01. The van der Waals surface area contributed by atoms with E-state index in [2.05, 4.69) is 4.99 Å². The van der Waals surface area contributed by atoms with Crippen LogP contribution in [0.15, 0.2) is 47.5 Å². The van der Waals surface area contributed by atoms with E-state index in [9.17, 15) is 28.2 Å². The summed E-state index contributed by atoms with van der Waals surface area (Å²) in [7, 11) is 1.34. The topological polar surface area (TPSA) is 99.2 Å². The van der Waals surface area contributed by atoms with Crippen LogP contribution < -0.4 is 5.73 Å². The number of hydrogen-bond acceptors (Lipinski definition) is 5. The number of fused-ring (bicyclic) bond motifs is 1. The standard InChI is InChI=1S/C25H20F5N3O3/c1-32-9-15-14(5-6-17(22(15)31)25(35,36)24(29)30)13-7-19(27)16(20(28)8-13)11-33-10-12-3-2-4-18(26)21(12)23(33)34/h2-9,24,35-36H,10-11,31H2,1H3. The number of carbonyl (C=O) groups excluding carboxylic acids is 1. The van der Waals surface area contributed by atoms with E-state index in [1.165, 1.54) is 13.1 Å². The normalized spacial score (nSPS) is 13.8. The molecule has 36 heavy (non-hydrogen) atoms. The minimum atomic E-state index is -3.58. The van der Waals surface area contributed by atoms with Crippen molar-refractivity contribution in [1.82, 2.24) is 4.90 Å². The number of benzene rings is 3. The maximum absolute atomic E-state index is 15.1. The second-order valence-corrected chi connectivity index (χ2v) is 8.26. The van der Waals surface area contributed by atoms with Gasteiger partial charge in [-0.2, -0.15) is 0 Å². The second-order valence-electron chi connectivity index (χ2n) is 8.26. The summed E-state index contributed by atoms with van der Waals surface area (Å²) in [5, 5.41) is 19.5. The number of carbonyl (C=O) groups is 1. The summed E-state index contributed by atoms with van der Waals surface area (Å²) in [6.45, 7) is -0.475. The van der Waals surface area contributed by atoms with Crippen LogP contribution in [-0.4, -0.2) is 40.7 Å². The molecule has 1 aliphatic heterocycles. The molecule has 0 aromatic heterocycles. The summed E-state index contributed by atoms with van der Waals surface area (Å²) in [6.07, 6.45) is -2.45. The van der Waals surface area contributed by atoms with E-state index < -0.39 is 58.9 Å². The number of halogens is 5. The molecule has 3 aromatic rings. The van der Waals surface area contributed by atoms with Crippen LogP contribution in [0.25, 0.3) is 11.1 Å². The fourth-order valence-electron chi connectivity index (χ4n) is 4.20. The number of aliphatic imine (C=N–C) groups is 1. The maximum Gasteiger partial charge on any atom is 0.295 e. The van der Waals surface area contributed by atoms with Gasteiger partial charge in [-0.15, -0.1) is 0 Å². The van der Waals surface area contributed by atoms with Gasteiger partial charge < -0.3 is 20.8 Å². The largest absolute Gasteiger partial charge is 0.398 e. The molecule has 1 aliphatic rings. The van der Waals surface area contributed by atoms with Crippen molar-refractivity contribution in [2.75, 3.05) is 12.8 Å². The van der Waals surface area contributed by atoms with Crippen molar-refractivity contribution in [2.24, 2.45) is 4.99 Å². The predicted molar refractivity (Wildman–Crippen MR) is 122 cm³/mol. The average Bonchev–Trinajstić information content (AvgIpc) is 3.13. The van der Waals surface area contributed by atoms with Crippen LogP contribution in [0, 0.1) is 17.5 Å². The van der Waals surface area contributed by atoms with E-state index in [1.54, 1.807) is 6.07 Å². The van der Waals surface area contributed by atoms with Gasteiger partial charge in [0.2, 0.25) is 0 Å². The van der Waals surface area contributed by atoms with Gasteiger partial charge in [-0.3, -0.25) is 9.79 Å². The molecule has 0 bridgehead atoms. The van der Waals surface area contributed by atoms with Crippen LogP contribution in [0.3, 0.4) is 0 Å². The van der Waals surface area contributed by atoms with E-state index in [0.29, 0.717) is 5.56 Å². The third-order valence-electron chi connectivity index (χ3n) is 6.01. The van der Waals surface area contributed by atoms with Crippen molar-refractivity contribution < 1.29 is 37.0 Å². The first-order chi connectivity index (χ1) is 17.0. The first kappa shape index (κ1) is 25.3. The Morgan fingerprint density at radius 1 is 1.11 bits per heavy atom. The van der Waals surface area contributed by atoms with Gasteiger partial charge in [0.25, 0.3) is 18.1 Å². The molecule has 0 radical (unpaired) electrons. The lowest BCUT2D eigenvalue weighted by atomic mass is 9.92. The van der Waals surface area contributed by atoms with E-state index >= 15 is 8.78 Å². The SMILES string of the molecule is CN=Cc1c(-c2cc(F)c(CN3Cc4cccc(F)c4C3=O)c(F)c2)ccc(C(O)(O)C(F)F)c1N. The van der Waals surface area contributed by atoms with Gasteiger partial charge in [0.1, 0.15) is 17.5 Å². The van der Waals surface area contributed by atoms with Crippen molar-refractivity contribution in [3.8, 4) is 11.1 Å². The zero-order valence-electron chi connectivity index (χ0n) is 18.8. The fraction of sp³-hybridized carbons (Fsp3) is 0.200. The smallest absolute Gasteiger partial charge is 0.295 e. The Balaban J connectivity index is 1.72. The summed E-state index contributed by atoms with van der Waals surface area (Å²) in [5.74, 6) is -6.99. The summed E-state index contributed by atoms with van der Waals surface area (Å²) in [5.41, 5.74) is 4.57. The predicted octanol–water partition coefficient (Wildman–Crippen LogP) is 3.96. The molecule has 0 spiro atoms. The Labute approximate surface area is 202 Å². The highest BCUT2D eigenvalue weighted by atomic mass is 19.3. The highest BCUT2D eigenvalue weighted by Crippen LogP contribution is 2.37. The molecule has 3 aromatic carbocycles. The zero-order chi connectivity index (χ0) is 26.4. The van der Waals surface area contributed by atoms with Gasteiger partial charge in [-0.25, -0.2) is 22.0 Å². The molecule has 4 N–H and O–H groups in total. The molecule has 0 saturated heterocycles. The van der Waals surface area contributed by atoms with Gasteiger partial charge in [-0.05, 0) is 34.9 Å². The van der Waals surface area contributed by atoms with Gasteiger partial charge in [-0.1, -0.05) is 24.3 Å². The lowest BCUT2D eigenvalue weighted by molar-refractivity contribution is -0.248. The number of rotatable bonds is 6. The Hall–Kier alpha value is -3.83. The van der Waals surface area contributed by atoms with Gasteiger partial charge in [0.05, 0.1) is 12.1 Å². The van der Waals surface area contributed by atoms with Crippen molar-refractivity contribution >= 4 is 17.8 Å². The summed E-state index contributed by atoms with van der Waals surface area (Å²) < 4.78 is 70.5. The summed E-state index contributed by atoms with van der Waals surface area (Å²) in [4.78, 5) is 17.4. The van der Waals surface area contributed by atoms with E-state index in [0.717, 1.165) is 41.4 Å². The van der Waals surface area contributed by atoms with Crippen LogP contribution in [-0.2, 0) is 18.9 Å². The minimum Gasteiger partial charge on any atom is -0.398 e. The van der Waals surface area contributed by atoms with Crippen LogP contribution in [0.4, 0.5) is 27.6 Å². The lowest BCUT2D eigenvalue weighted by Crippen LogP contribution is -2.35. The number of hydrogen-bond donors (Lipinski definition) is 3. The van der Waals surface area contributed by atoms with Crippen LogP contribution in [0.1, 0.15) is 32.6 Å². The molecule has 1 amide bonds. The molecule has 4 rings (SSSR count).